The molecule has 2 rings (SSSR count). The van der Waals surface area contributed by atoms with Gasteiger partial charge in [-0.1, -0.05) is 54.7 Å². The second-order valence-corrected chi connectivity index (χ2v) is 8.73. The predicted octanol–water partition coefficient (Wildman–Crippen LogP) is 4.41. The van der Waals surface area contributed by atoms with E-state index in [-0.39, 0.29) is 23.7 Å². The van der Waals surface area contributed by atoms with Gasteiger partial charge in [-0.05, 0) is 55.2 Å². The topological polar surface area (TPSA) is 89.4 Å². The second kappa shape index (κ2) is 19.2. The SMILES string of the molecule is [CH2-]CN(C[CH2-])Cc1ccc(C#C/C=C/c2ccc(C(=O)CCCC[C@H](C(N)=O)[C@@H](C)N)cc2)cc1.[Os]=[Os]. The molecule has 7 heteroatoms. The fraction of sp³-hybridized carbons (Fsp3) is 0.333. The molecule has 2 atom stereocenters. The summed E-state index contributed by atoms with van der Waals surface area (Å²) in [6.45, 7) is 11.9. The number of nitrogens with zero attached hydrogens (tertiary/aromatic N) is 1. The average Bonchev–Trinajstić information content (AvgIpc) is 2.91. The number of Topliss-reactive ketones (excluding diaryl/α,β-unsaturated/α-hetero) is 1. The first kappa shape index (κ1) is 33.1. The molecule has 2 aromatic rings. The minimum atomic E-state index is -0.376. The molecule has 2 aromatic carbocycles. The summed E-state index contributed by atoms with van der Waals surface area (Å²) in [5.74, 6) is 5.57. The molecule has 0 spiro atoms. The second-order valence-electron chi connectivity index (χ2n) is 8.73. The van der Waals surface area contributed by atoms with E-state index in [4.69, 9.17) is 11.5 Å². The number of carbonyl (C=O) groups is 2. The van der Waals surface area contributed by atoms with E-state index < -0.39 is 0 Å². The molecule has 0 fully saturated rings. The van der Waals surface area contributed by atoms with Crippen molar-refractivity contribution < 1.29 is 40.4 Å². The molecular formula is C30H37N3O2Os2-2. The maximum atomic E-state index is 12.4. The summed E-state index contributed by atoms with van der Waals surface area (Å²) in [6, 6.07) is 15.4. The van der Waals surface area contributed by atoms with Gasteiger partial charge in [-0.3, -0.25) is 9.59 Å². The van der Waals surface area contributed by atoms with Gasteiger partial charge in [0.2, 0.25) is 5.91 Å². The summed E-state index contributed by atoms with van der Waals surface area (Å²) in [4.78, 5) is 26.0. The van der Waals surface area contributed by atoms with Crippen molar-refractivity contribution in [3.63, 3.8) is 0 Å². The van der Waals surface area contributed by atoms with Gasteiger partial charge in [0.05, 0.1) is 5.92 Å². The Balaban J connectivity index is 0.00000334. The molecule has 0 aromatic heterocycles. The van der Waals surface area contributed by atoms with E-state index in [1.807, 2.05) is 79.4 Å². The number of benzene rings is 2. The van der Waals surface area contributed by atoms with Crippen LogP contribution in [0.3, 0.4) is 0 Å². The van der Waals surface area contributed by atoms with Crippen LogP contribution >= 0.6 is 0 Å². The van der Waals surface area contributed by atoms with Gasteiger partial charge in [0.25, 0.3) is 0 Å². The van der Waals surface area contributed by atoms with Crippen LogP contribution in [-0.4, -0.2) is 35.7 Å². The molecule has 1 amide bonds. The zero-order valence-corrected chi connectivity index (χ0v) is 26.5. The summed E-state index contributed by atoms with van der Waals surface area (Å²) in [7, 11) is 0. The number of hydrogen-bond donors (Lipinski definition) is 2. The third-order valence-corrected chi connectivity index (χ3v) is 5.97. The minimum absolute atomic E-state index is 0.0914. The molecule has 0 aliphatic rings. The molecule has 0 saturated heterocycles. The van der Waals surface area contributed by atoms with E-state index in [0.717, 1.165) is 37.2 Å². The molecular weight excluding hydrogens is 815 g/mol. The standard InChI is InChI=1S/C30H37N3O2.2Os/c1-4-33(5-2)22-26-16-14-24(15-17-26)10-6-7-11-25-18-20-27(21-19-25)29(34)13-9-8-12-28(23(3)31)30(32)35;;/h7,11,14-21,23,28H,1-2,4-5,8-9,12-13,22,31H2,3H3,(H2,32,35);;/q-2;;/b11-7+;;/t23-,28+;;/m1../s1. The number of carbonyl (C=O) groups excluding carboxylic acids is 2. The Labute approximate surface area is 240 Å². The average molecular weight is 852 g/mol. The van der Waals surface area contributed by atoms with Crippen LogP contribution in [0.4, 0.5) is 0 Å². The molecule has 0 unspecified atom stereocenters. The van der Waals surface area contributed by atoms with E-state index in [9.17, 15) is 9.59 Å². The van der Waals surface area contributed by atoms with Crippen molar-refractivity contribution in [2.75, 3.05) is 13.1 Å². The molecule has 0 aliphatic heterocycles. The molecule has 0 radical (unpaired) electrons. The third kappa shape index (κ3) is 12.9. The first-order chi connectivity index (χ1) is 17.8. The molecule has 0 bridgehead atoms. The summed E-state index contributed by atoms with van der Waals surface area (Å²) >= 11 is 3.78. The van der Waals surface area contributed by atoms with Gasteiger partial charge in [-0.15, -0.1) is 13.1 Å². The third-order valence-electron chi connectivity index (χ3n) is 5.97. The van der Waals surface area contributed by atoms with Crippen LogP contribution in [0.15, 0.2) is 54.6 Å². The monoisotopic (exact) mass is 855 g/mol. The maximum absolute atomic E-state index is 12.4. The van der Waals surface area contributed by atoms with Gasteiger partial charge in [0, 0.05) is 30.1 Å². The fourth-order valence-corrected chi connectivity index (χ4v) is 3.72. The van der Waals surface area contributed by atoms with Gasteiger partial charge in [-0.2, -0.15) is 0 Å². The van der Waals surface area contributed by atoms with Gasteiger partial charge >= 0.3 is 30.8 Å². The zero-order chi connectivity index (χ0) is 27.6. The Morgan fingerprint density at radius 3 is 2.19 bits per heavy atom. The number of ketones is 1. The van der Waals surface area contributed by atoms with Crippen molar-refractivity contribution >= 4 is 17.8 Å². The van der Waals surface area contributed by atoms with Crippen LogP contribution in [0, 0.1) is 31.6 Å². The summed E-state index contributed by atoms with van der Waals surface area (Å²) in [5, 5.41) is 0. The Morgan fingerprint density at radius 1 is 1.03 bits per heavy atom. The van der Waals surface area contributed by atoms with Gasteiger partial charge in [0.15, 0.2) is 5.78 Å². The van der Waals surface area contributed by atoms with Crippen molar-refractivity contribution in [3.05, 3.63) is 90.7 Å². The van der Waals surface area contributed by atoms with Crippen molar-refractivity contribution in [3.8, 4) is 11.8 Å². The molecule has 4 N–H and O–H groups in total. The number of primary amides is 1. The zero-order valence-electron chi connectivity index (χ0n) is 21.4. The Hall–Kier alpha value is -1.93. The number of rotatable bonds is 13. The first-order valence-corrected chi connectivity index (χ1v) is 20.5. The van der Waals surface area contributed by atoms with Crippen LogP contribution in [0.25, 0.3) is 6.08 Å². The molecule has 5 nitrogen and oxygen atoms in total. The summed E-state index contributed by atoms with van der Waals surface area (Å²) in [6.07, 6.45) is 6.23. The number of allylic oxidation sites excluding steroid dienone is 1. The van der Waals surface area contributed by atoms with Crippen molar-refractivity contribution in [2.45, 2.75) is 45.2 Å². The number of hydrogen-bond acceptors (Lipinski definition) is 4. The van der Waals surface area contributed by atoms with E-state index in [1.165, 1.54) is 5.56 Å². The van der Waals surface area contributed by atoms with Crippen molar-refractivity contribution in [1.82, 2.24) is 4.90 Å². The molecule has 202 valence electrons. The molecule has 0 aliphatic carbocycles. The molecule has 37 heavy (non-hydrogen) atoms. The van der Waals surface area contributed by atoms with E-state index in [2.05, 4.69) is 42.7 Å². The Bertz CT molecular complexity index is 1050. The number of unbranched alkanes of at least 4 members (excludes halogenated alkanes) is 1. The van der Waals surface area contributed by atoms with E-state index in [0.29, 0.717) is 24.8 Å². The Kier molecular flexibility index (Phi) is 17.2. The predicted molar refractivity (Wildman–Crippen MR) is 144 cm³/mol. The van der Waals surface area contributed by atoms with Crippen LogP contribution < -0.4 is 11.5 Å². The summed E-state index contributed by atoms with van der Waals surface area (Å²) in [5.41, 5.74) is 15.0. The quantitative estimate of drug-likeness (QED) is 0.136. The van der Waals surface area contributed by atoms with Gasteiger partial charge in [0.1, 0.15) is 0 Å². The summed E-state index contributed by atoms with van der Waals surface area (Å²) < 4.78 is 0. The van der Waals surface area contributed by atoms with Crippen LogP contribution in [0.5, 0.6) is 0 Å². The fourth-order valence-electron chi connectivity index (χ4n) is 3.72. The van der Waals surface area contributed by atoms with E-state index in [1.54, 1.807) is 6.92 Å². The number of nitrogens with two attached hydrogens (primary N) is 2. The molecule has 0 saturated carbocycles. The first-order valence-electron chi connectivity index (χ1n) is 12.2. The van der Waals surface area contributed by atoms with Gasteiger partial charge in [-0.25, -0.2) is 0 Å². The van der Waals surface area contributed by atoms with Crippen molar-refractivity contribution in [2.24, 2.45) is 17.4 Å². The van der Waals surface area contributed by atoms with Gasteiger partial charge < -0.3 is 30.2 Å². The van der Waals surface area contributed by atoms with E-state index >= 15 is 0 Å². The van der Waals surface area contributed by atoms with Crippen molar-refractivity contribution in [1.29, 1.82) is 0 Å². The molecule has 0 heterocycles. The normalized spacial score (nSPS) is 12.3. The Morgan fingerprint density at radius 2 is 1.65 bits per heavy atom. The number of amides is 1. The van der Waals surface area contributed by atoms with Crippen LogP contribution in [0.2, 0.25) is 0 Å². The van der Waals surface area contributed by atoms with Crippen LogP contribution in [-0.2, 0) is 42.2 Å². The van der Waals surface area contributed by atoms with Crippen LogP contribution in [0.1, 0.15) is 59.7 Å².